The molecule has 0 radical (unpaired) electrons. The molecule has 0 unspecified atom stereocenters. The van der Waals surface area contributed by atoms with Crippen LogP contribution in [0.2, 0.25) is 0 Å². The number of nitrogens with zero attached hydrogens (tertiary/aromatic N) is 4. The third kappa shape index (κ3) is 4.63. The molecule has 0 saturated carbocycles. The summed E-state index contributed by atoms with van der Waals surface area (Å²) in [6.45, 7) is 2.38. The number of nitro groups is 2. The van der Waals surface area contributed by atoms with Crippen LogP contribution < -0.4 is 5.32 Å². The second-order valence-corrected chi connectivity index (χ2v) is 7.95. The Labute approximate surface area is 184 Å². The van der Waals surface area contributed by atoms with Crippen LogP contribution in [0.1, 0.15) is 6.92 Å². The smallest absolute Gasteiger partial charge is 0.317 e. The summed E-state index contributed by atoms with van der Waals surface area (Å²) in [5.41, 5.74) is -2.68. The molecule has 0 aliphatic rings. The van der Waals surface area contributed by atoms with E-state index in [-0.39, 0.29) is 10.8 Å². The van der Waals surface area contributed by atoms with Crippen LogP contribution in [0.15, 0.2) is 51.5 Å². The van der Waals surface area contributed by atoms with Gasteiger partial charge in [-0.05, 0) is 30.5 Å². The number of hydrogen-bond acceptors (Lipinski definition) is 11. The lowest BCUT2D eigenvalue weighted by Crippen LogP contribution is -2.00. The molecule has 14 nitrogen and oxygen atoms in total. The van der Waals surface area contributed by atoms with Gasteiger partial charge in [-0.1, -0.05) is 6.07 Å². The molecule has 0 aromatic heterocycles. The van der Waals surface area contributed by atoms with Gasteiger partial charge in [-0.3, -0.25) is 24.8 Å². The van der Waals surface area contributed by atoms with Crippen molar-refractivity contribution < 1.29 is 33.0 Å². The van der Waals surface area contributed by atoms with Gasteiger partial charge in [0, 0.05) is 23.7 Å². The van der Waals surface area contributed by atoms with E-state index in [1.165, 1.54) is 12.1 Å². The highest BCUT2D eigenvalue weighted by Crippen LogP contribution is 2.44. The summed E-state index contributed by atoms with van der Waals surface area (Å²) < 4.78 is 33.4. The largest absolute Gasteiger partial charge is 0.505 e. The molecular formula is C18H15N5O9S. The molecule has 0 atom stereocenters. The number of rotatable bonds is 7. The first kappa shape index (κ1) is 23.3. The molecule has 4 N–H and O–H groups in total. The lowest BCUT2D eigenvalue weighted by molar-refractivity contribution is -0.394. The predicted octanol–water partition coefficient (Wildman–Crippen LogP) is 4.16. The standard InChI is InChI=1S/C18H15N5O9S/c1-2-19-10-4-3-9-5-16(33(30,31)32)17(18(25)11(9)6-10)21-20-12-7-15(24)14(23(28)29)8-13(12)22(26)27/h3-8,19,24-25H,2H2,1H3,(H,30,31,32). The highest BCUT2D eigenvalue weighted by atomic mass is 32.2. The third-order valence-electron chi connectivity index (χ3n) is 4.43. The van der Waals surface area contributed by atoms with Gasteiger partial charge in [0.2, 0.25) is 0 Å². The van der Waals surface area contributed by atoms with Crippen molar-refractivity contribution in [2.24, 2.45) is 10.2 Å². The van der Waals surface area contributed by atoms with E-state index in [9.17, 15) is 43.4 Å². The Morgan fingerprint density at radius 2 is 1.67 bits per heavy atom. The zero-order chi connectivity index (χ0) is 24.5. The van der Waals surface area contributed by atoms with Crippen molar-refractivity contribution in [2.45, 2.75) is 11.8 Å². The molecule has 0 heterocycles. The average molecular weight is 477 g/mol. The predicted molar refractivity (Wildman–Crippen MR) is 115 cm³/mol. The summed E-state index contributed by atoms with van der Waals surface area (Å²) in [5, 5.41) is 53.1. The van der Waals surface area contributed by atoms with Crippen LogP contribution in [0.4, 0.5) is 28.4 Å². The molecule has 33 heavy (non-hydrogen) atoms. The highest BCUT2D eigenvalue weighted by molar-refractivity contribution is 7.86. The van der Waals surface area contributed by atoms with Crippen LogP contribution >= 0.6 is 0 Å². The van der Waals surface area contributed by atoms with Crippen LogP contribution in [0, 0.1) is 20.2 Å². The van der Waals surface area contributed by atoms with Crippen molar-refractivity contribution in [3.8, 4) is 11.5 Å². The van der Waals surface area contributed by atoms with Gasteiger partial charge >= 0.3 is 11.4 Å². The summed E-state index contributed by atoms with van der Waals surface area (Å²) in [7, 11) is -4.93. The number of nitrogens with one attached hydrogen (secondary N) is 1. The van der Waals surface area contributed by atoms with Crippen LogP contribution in [-0.4, -0.2) is 39.6 Å². The fourth-order valence-electron chi connectivity index (χ4n) is 2.98. The molecule has 172 valence electrons. The monoisotopic (exact) mass is 477 g/mol. The van der Waals surface area contributed by atoms with Gasteiger partial charge in [0.25, 0.3) is 10.1 Å². The molecule has 3 rings (SSSR count). The zero-order valence-corrected chi connectivity index (χ0v) is 17.5. The zero-order valence-electron chi connectivity index (χ0n) is 16.7. The molecule has 0 fully saturated rings. The molecule has 0 amide bonds. The van der Waals surface area contributed by atoms with Gasteiger partial charge < -0.3 is 15.5 Å². The van der Waals surface area contributed by atoms with Crippen LogP contribution in [0.25, 0.3) is 10.8 Å². The van der Waals surface area contributed by atoms with E-state index in [1.807, 2.05) is 6.92 Å². The van der Waals surface area contributed by atoms with Gasteiger partial charge in [0.1, 0.15) is 16.6 Å². The summed E-state index contributed by atoms with van der Waals surface area (Å²) in [4.78, 5) is 19.3. The minimum Gasteiger partial charge on any atom is -0.505 e. The van der Waals surface area contributed by atoms with Gasteiger partial charge in [-0.2, -0.15) is 8.42 Å². The Hall–Kier alpha value is -4.37. The van der Waals surface area contributed by atoms with E-state index in [1.54, 1.807) is 6.07 Å². The van der Waals surface area contributed by atoms with Crippen molar-refractivity contribution in [3.63, 3.8) is 0 Å². The molecule has 3 aromatic carbocycles. The summed E-state index contributed by atoms with van der Waals surface area (Å²) >= 11 is 0. The Morgan fingerprint density at radius 3 is 2.24 bits per heavy atom. The first-order valence-electron chi connectivity index (χ1n) is 9.02. The van der Waals surface area contributed by atoms with Crippen LogP contribution in [0.5, 0.6) is 11.5 Å². The van der Waals surface area contributed by atoms with Gasteiger partial charge in [-0.25, -0.2) is 0 Å². The Kier molecular flexibility index (Phi) is 6.10. The van der Waals surface area contributed by atoms with Crippen molar-refractivity contribution >= 4 is 49.3 Å². The van der Waals surface area contributed by atoms with Gasteiger partial charge in [-0.15, -0.1) is 10.2 Å². The average Bonchev–Trinajstić information content (AvgIpc) is 2.72. The molecule has 0 spiro atoms. The fraction of sp³-hybridized carbons (Fsp3) is 0.111. The number of aromatic hydroxyl groups is 2. The van der Waals surface area contributed by atoms with E-state index in [0.29, 0.717) is 24.4 Å². The Morgan fingerprint density at radius 1 is 1.00 bits per heavy atom. The molecule has 0 aliphatic heterocycles. The van der Waals surface area contributed by atoms with Crippen molar-refractivity contribution in [1.29, 1.82) is 0 Å². The normalized spacial score (nSPS) is 11.7. The lowest BCUT2D eigenvalue weighted by atomic mass is 10.1. The van der Waals surface area contributed by atoms with Crippen LogP contribution in [0.3, 0.4) is 0 Å². The van der Waals surface area contributed by atoms with Gasteiger partial charge in [0.15, 0.2) is 17.2 Å². The maximum Gasteiger partial charge on any atom is 0.317 e. The number of phenols is 2. The summed E-state index contributed by atoms with van der Waals surface area (Å²) in [5.74, 6) is -1.65. The van der Waals surface area contributed by atoms with E-state index in [2.05, 4.69) is 15.5 Å². The quantitative estimate of drug-likeness (QED) is 0.165. The Bertz CT molecular complexity index is 1440. The van der Waals surface area contributed by atoms with E-state index < -0.39 is 59.1 Å². The van der Waals surface area contributed by atoms with Crippen molar-refractivity contribution in [2.75, 3.05) is 11.9 Å². The van der Waals surface area contributed by atoms with E-state index in [4.69, 9.17) is 0 Å². The fourth-order valence-corrected chi connectivity index (χ4v) is 3.64. The molecule has 0 aliphatic carbocycles. The second kappa shape index (κ2) is 8.64. The minimum atomic E-state index is -4.93. The topological polar surface area (TPSA) is 218 Å². The lowest BCUT2D eigenvalue weighted by Gasteiger charge is -2.11. The highest BCUT2D eigenvalue weighted by Gasteiger charge is 2.26. The number of benzene rings is 3. The van der Waals surface area contributed by atoms with Crippen molar-refractivity contribution in [1.82, 2.24) is 0 Å². The molecule has 15 heteroatoms. The molecular weight excluding hydrogens is 462 g/mol. The molecule has 0 bridgehead atoms. The SMILES string of the molecule is CCNc1ccc2cc(S(=O)(=O)O)c(N=Nc3cc(O)c([N+](=O)[O-])cc3[N+](=O)[O-])c(O)c2c1. The summed E-state index contributed by atoms with van der Waals surface area (Å²) in [6.07, 6.45) is 0. The maximum atomic E-state index is 11.9. The number of hydrogen-bond donors (Lipinski definition) is 4. The van der Waals surface area contributed by atoms with Gasteiger partial charge in [0.05, 0.1) is 9.85 Å². The number of anilines is 1. The van der Waals surface area contributed by atoms with E-state index in [0.717, 1.165) is 6.07 Å². The van der Waals surface area contributed by atoms with Crippen LogP contribution in [-0.2, 0) is 10.1 Å². The molecule has 0 saturated heterocycles. The maximum absolute atomic E-state index is 11.9. The number of azo groups is 1. The van der Waals surface area contributed by atoms with Crippen molar-refractivity contribution in [3.05, 3.63) is 56.6 Å². The number of fused-ring (bicyclic) bond motifs is 1. The second-order valence-electron chi connectivity index (χ2n) is 6.56. The Balaban J connectivity index is 2.27. The number of phenolic OH excluding ortho intramolecular Hbond substituents is 2. The number of nitro benzene ring substituents is 2. The summed E-state index contributed by atoms with van der Waals surface area (Å²) in [6, 6.07) is 6.66. The molecule has 3 aromatic rings. The first-order chi connectivity index (χ1) is 15.4. The van der Waals surface area contributed by atoms with E-state index >= 15 is 0 Å². The third-order valence-corrected chi connectivity index (χ3v) is 5.30. The first-order valence-corrected chi connectivity index (χ1v) is 10.5. The minimum absolute atomic E-state index is 0.135.